The summed E-state index contributed by atoms with van der Waals surface area (Å²) in [4.78, 5) is 19.1. The summed E-state index contributed by atoms with van der Waals surface area (Å²) in [6.07, 6.45) is 0. The number of fused-ring (bicyclic) bond motifs is 1. The van der Waals surface area contributed by atoms with Crippen LogP contribution in [0.25, 0.3) is 0 Å². The monoisotopic (exact) mass is 423 g/mol. The Morgan fingerprint density at radius 3 is 2.74 bits per heavy atom. The molecular weight excluding hydrogens is 412 g/mol. The third-order valence-corrected chi connectivity index (χ3v) is 4.02. The Labute approximate surface area is 145 Å². The number of nitro groups is 1. The Morgan fingerprint density at radius 2 is 2.00 bits per heavy atom. The number of rotatable bonds is 3. The van der Waals surface area contributed by atoms with Gasteiger partial charge in [-0.3, -0.25) is 15.1 Å². The molecule has 1 heterocycles. The molecule has 1 aliphatic rings. The van der Waals surface area contributed by atoms with Gasteiger partial charge in [0, 0.05) is 19.6 Å². The molecule has 23 heavy (non-hydrogen) atoms. The maximum atomic E-state index is 14.2. The molecule has 0 atom stereocenters. The zero-order chi connectivity index (χ0) is 16.4. The van der Waals surface area contributed by atoms with Crippen LogP contribution in [-0.2, 0) is 0 Å². The zero-order valence-electron chi connectivity index (χ0n) is 11.9. The molecule has 0 spiro atoms. The number of hydrogen-bond donors (Lipinski definition) is 0. The van der Waals surface area contributed by atoms with E-state index in [1.54, 1.807) is 24.3 Å². The third-order valence-electron chi connectivity index (χ3n) is 3.35. The van der Waals surface area contributed by atoms with Crippen LogP contribution in [0.3, 0.4) is 0 Å². The summed E-state index contributed by atoms with van der Waals surface area (Å²) in [5, 5.41) is 10.8. The van der Waals surface area contributed by atoms with Crippen molar-refractivity contribution in [1.29, 1.82) is 0 Å². The van der Waals surface area contributed by atoms with Crippen LogP contribution in [0.2, 0.25) is 0 Å². The molecule has 2 aromatic carbocycles. The summed E-state index contributed by atoms with van der Waals surface area (Å²) in [5.41, 5.74) is 2.44. The Kier molecular flexibility index (Phi) is 4.46. The van der Waals surface area contributed by atoms with Crippen LogP contribution < -0.4 is 0 Å². The van der Waals surface area contributed by atoms with E-state index in [1.807, 2.05) is 12.1 Å². The summed E-state index contributed by atoms with van der Waals surface area (Å²) in [6, 6.07) is 11.9. The van der Waals surface area contributed by atoms with Crippen LogP contribution >= 0.6 is 22.6 Å². The molecule has 3 rings (SSSR count). The van der Waals surface area contributed by atoms with Crippen LogP contribution in [-0.4, -0.2) is 29.4 Å². The number of hydrogen-bond acceptors (Lipinski definition) is 4. The fourth-order valence-electron chi connectivity index (χ4n) is 2.37. The van der Waals surface area contributed by atoms with Gasteiger partial charge < -0.3 is 0 Å². The van der Waals surface area contributed by atoms with Gasteiger partial charge in [-0.2, -0.15) is 0 Å². The number of aliphatic imine (C=N–C) groups is 2. The molecule has 2 aromatic rings. The average Bonchev–Trinajstić information content (AvgIpc) is 2.66. The first kappa shape index (κ1) is 15.7. The molecule has 7 heteroatoms. The van der Waals surface area contributed by atoms with Crippen molar-refractivity contribution in [3.8, 4) is 0 Å². The quantitative estimate of drug-likeness (QED) is 0.430. The number of halogens is 2. The maximum absolute atomic E-state index is 14.2. The molecule has 116 valence electrons. The molecular formula is C16H11FIN3O2. The summed E-state index contributed by atoms with van der Waals surface area (Å²) in [7, 11) is 0. The average molecular weight is 423 g/mol. The van der Waals surface area contributed by atoms with Gasteiger partial charge in [0.1, 0.15) is 11.5 Å². The zero-order valence-corrected chi connectivity index (χ0v) is 14.0. The fraction of sp³-hybridized carbons (Fsp3) is 0.125. The molecule has 0 saturated carbocycles. The second kappa shape index (κ2) is 6.53. The Hall–Kier alpha value is -2.16. The van der Waals surface area contributed by atoms with E-state index < -0.39 is 4.92 Å². The predicted octanol–water partition coefficient (Wildman–Crippen LogP) is 3.63. The molecule has 0 saturated heterocycles. The van der Waals surface area contributed by atoms with Crippen molar-refractivity contribution in [2.45, 2.75) is 0 Å². The molecule has 0 N–H and O–H groups in total. The highest BCUT2D eigenvalue weighted by Crippen LogP contribution is 2.28. The molecule has 1 aliphatic heterocycles. The lowest BCUT2D eigenvalue weighted by atomic mass is 10.0. The van der Waals surface area contributed by atoms with E-state index in [-0.39, 0.29) is 18.9 Å². The number of nitrogens with zero attached hydrogens (tertiary/aromatic N) is 3. The predicted molar refractivity (Wildman–Crippen MR) is 95.0 cm³/mol. The normalized spacial score (nSPS) is 13.7. The van der Waals surface area contributed by atoms with Gasteiger partial charge in [0.05, 0.1) is 17.9 Å². The van der Waals surface area contributed by atoms with Crippen molar-refractivity contribution in [1.82, 2.24) is 0 Å². The van der Waals surface area contributed by atoms with E-state index in [0.717, 1.165) is 3.57 Å². The topological polar surface area (TPSA) is 67.9 Å². The van der Waals surface area contributed by atoms with Gasteiger partial charge in [-0.1, -0.05) is 12.1 Å². The van der Waals surface area contributed by atoms with Crippen molar-refractivity contribution in [3.63, 3.8) is 0 Å². The molecule has 0 amide bonds. The van der Waals surface area contributed by atoms with Crippen LogP contribution in [0.1, 0.15) is 11.1 Å². The lowest BCUT2D eigenvalue weighted by Crippen LogP contribution is -2.16. The van der Waals surface area contributed by atoms with Gasteiger partial charge >= 0.3 is 0 Å². The summed E-state index contributed by atoms with van der Waals surface area (Å²) < 4.78 is 15.1. The van der Waals surface area contributed by atoms with E-state index in [4.69, 9.17) is 0 Å². The SMILES string of the molecule is O=[N+]([O-])CC1=Nc2ccc(I)cc2C(c2ccccc2F)=NC1. The van der Waals surface area contributed by atoms with E-state index in [0.29, 0.717) is 28.2 Å². The lowest BCUT2D eigenvalue weighted by molar-refractivity contribution is -0.463. The first-order valence-corrected chi connectivity index (χ1v) is 7.90. The summed E-state index contributed by atoms with van der Waals surface area (Å²) in [6.45, 7) is -0.296. The number of benzene rings is 2. The standard InChI is InChI=1S/C16H11FIN3O2/c17-14-4-2-1-3-12(14)16-13-7-10(18)5-6-15(13)20-11(8-19-16)9-21(22)23/h1-7H,8-9H2. The Morgan fingerprint density at radius 1 is 1.22 bits per heavy atom. The van der Waals surface area contributed by atoms with Gasteiger partial charge in [-0.05, 0) is 52.9 Å². The van der Waals surface area contributed by atoms with Crippen molar-refractivity contribution < 1.29 is 9.31 Å². The van der Waals surface area contributed by atoms with E-state index >= 15 is 0 Å². The minimum atomic E-state index is -0.436. The molecule has 0 aliphatic carbocycles. The molecule has 0 unspecified atom stereocenters. The van der Waals surface area contributed by atoms with Crippen LogP contribution in [0.4, 0.5) is 10.1 Å². The van der Waals surface area contributed by atoms with Gasteiger partial charge in [0.25, 0.3) is 0 Å². The smallest absolute Gasteiger partial charge is 0.243 e. The van der Waals surface area contributed by atoms with Crippen molar-refractivity contribution in [3.05, 3.63) is 73.1 Å². The fourth-order valence-corrected chi connectivity index (χ4v) is 2.87. The van der Waals surface area contributed by atoms with E-state index in [9.17, 15) is 14.5 Å². The van der Waals surface area contributed by atoms with Crippen molar-refractivity contribution in [2.75, 3.05) is 13.1 Å². The first-order valence-electron chi connectivity index (χ1n) is 6.82. The highest BCUT2D eigenvalue weighted by Gasteiger charge is 2.20. The summed E-state index contributed by atoms with van der Waals surface area (Å²) >= 11 is 2.16. The minimum absolute atomic E-state index is 0.0793. The molecule has 0 aromatic heterocycles. The van der Waals surface area contributed by atoms with Gasteiger partial charge in [-0.25, -0.2) is 9.38 Å². The van der Waals surface area contributed by atoms with Crippen LogP contribution in [0.5, 0.6) is 0 Å². The second-order valence-corrected chi connectivity index (χ2v) is 6.22. The molecule has 5 nitrogen and oxygen atoms in total. The molecule has 0 bridgehead atoms. The largest absolute Gasteiger partial charge is 0.278 e. The van der Waals surface area contributed by atoms with Crippen molar-refractivity contribution >= 4 is 39.7 Å². The van der Waals surface area contributed by atoms with E-state index in [1.165, 1.54) is 6.07 Å². The minimum Gasteiger partial charge on any atom is -0.278 e. The van der Waals surface area contributed by atoms with Gasteiger partial charge in [0.2, 0.25) is 6.54 Å². The second-order valence-electron chi connectivity index (χ2n) is 4.98. The van der Waals surface area contributed by atoms with Gasteiger partial charge in [-0.15, -0.1) is 0 Å². The Balaban J connectivity index is 2.17. The third kappa shape index (κ3) is 3.44. The van der Waals surface area contributed by atoms with Crippen LogP contribution in [0, 0.1) is 19.5 Å². The van der Waals surface area contributed by atoms with Gasteiger partial charge in [0.15, 0.2) is 0 Å². The Bertz CT molecular complexity index is 849. The summed E-state index contributed by atoms with van der Waals surface area (Å²) in [5.74, 6) is -0.381. The molecule has 0 fully saturated rings. The van der Waals surface area contributed by atoms with E-state index in [2.05, 4.69) is 32.6 Å². The first-order chi connectivity index (χ1) is 11.0. The van der Waals surface area contributed by atoms with Crippen LogP contribution in [0.15, 0.2) is 52.4 Å². The lowest BCUT2D eigenvalue weighted by Gasteiger charge is -2.09. The van der Waals surface area contributed by atoms with Crippen molar-refractivity contribution in [2.24, 2.45) is 9.98 Å². The maximum Gasteiger partial charge on any atom is 0.243 e. The highest BCUT2D eigenvalue weighted by atomic mass is 127. The highest BCUT2D eigenvalue weighted by molar-refractivity contribution is 14.1. The molecule has 0 radical (unpaired) electrons.